The van der Waals surface area contributed by atoms with Gasteiger partial charge in [0.1, 0.15) is 0 Å². The van der Waals surface area contributed by atoms with Gasteiger partial charge in [0, 0.05) is 16.8 Å². The lowest BCUT2D eigenvalue weighted by atomic mass is 10.0. The molecule has 154 valence electrons. The van der Waals surface area contributed by atoms with E-state index in [0.717, 1.165) is 63.8 Å². The summed E-state index contributed by atoms with van der Waals surface area (Å²) in [6.07, 6.45) is 1.73. The molecule has 0 bridgehead atoms. The summed E-state index contributed by atoms with van der Waals surface area (Å²) in [6, 6.07) is 11.6. The molecule has 0 saturated heterocycles. The first-order chi connectivity index (χ1) is 14.3. The Morgan fingerprint density at radius 2 is 1.77 bits per heavy atom. The highest BCUT2D eigenvalue weighted by Crippen LogP contribution is 2.31. The van der Waals surface area contributed by atoms with Crippen LogP contribution < -0.4 is 5.32 Å². The van der Waals surface area contributed by atoms with Crippen LogP contribution in [0.4, 0.5) is 5.69 Å². The summed E-state index contributed by atoms with van der Waals surface area (Å²) in [7, 11) is 0. The number of benzene rings is 2. The molecule has 4 rings (SSSR count). The van der Waals surface area contributed by atoms with E-state index >= 15 is 0 Å². The Hall–Kier alpha value is -3.21. The number of esters is 1. The van der Waals surface area contributed by atoms with E-state index in [0.29, 0.717) is 5.56 Å². The van der Waals surface area contributed by atoms with Crippen LogP contribution in [0.1, 0.15) is 51.7 Å². The molecule has 0 radical (unpaired) electrons. The van der Waals surface area contributed by atoms with Gasteiger partial charge >= 0.3 is 5.97 Å². The molecule has 2 aromatic carbocycles. The molecule has 1 N–H and O–H groups in total. The SMILES string of the molecule is Cc1cc(C)c(NC(=O)C(C)OC(=O)c2c3c(nc4ccccc24)CCC3)c(C)c1. The molecule has 1 aromatic heterocycles. The second-order valence-electron chi connectivity index (χ2n) is 8.09. The third kappa shape index (κ3) is 3.67. The molecule has 3 aromatic rings. The largest absolute Gasteiger partial charge is 0.449 e. The first-order valence-electron chi connectivity index (χ1n) is 10.4. The van der Waals surface area contributed by atoms with Gasteiger partial charge in [-0.25, -0.2) is 4.79 Å². The number of ether oxygens (including phenoxy) is 1. The summed E-state index contributed by atoms with van der Waals surface area (Å²) in [6.45, 7) is 7.54. The van der Waals surface area contributed by atoms with Gasteiger partial charge in [-0.05, 0) is 69.7 Å². The minimum absolute atomic E-state index is 0.339. The maximum Gasteiger partial charge on any atom is 0.339 e. The van der Waals surface area contributed by atoms with Crippen molar-refractivity contribution in [3.63, 3.8) is 0 Å². The van der Waals surface area contributed by atoms with Crippen molar-refractivity contribution in [3.05, 3.63) is 69.9 Å². The lowest BCUT2D eigenvalue weighted by Gasteiger charge is -2.18. The molecule has 30 heavy (non-hydrogen) atoms. The normalized spacial score (nSPS) is 13.7. The lowest BCUT2D eigenvalue weighted by molar-refractivity contribution is -0.123. The first-order valence-corrected chi connectivity index (χ1v) is 10.4. The van der Waals surface area contributed by atoms with Crippen molar-refractivity contribution in [2.45, 2.75) is 53.1 Å². The fourth-order valence-electron chi connectivity index (χ4n) is 4.32. The Balaban J connectivity index is 1.58. The zero-order valence-electron chi connectivity index (χ0n) is 17.8. The van der Waals surface area contributed by atoms with E-state index in [1.807, 2.05) is 57.2 Å². The van der Waals surface area contributed by atoms with Gasteiger partial charge in [-0.1, -0.05) is 35.9 Å². The molecule has 1 aliphatic rings. The first kappa shape index (κ1) is 20.1. The maximum atomic E-state index is 13.1. The van der Waals surface area contributed by atoms with Crippen LogP contribution in [0.2, 0.25) is 0 Å². The van der Waals surface area contributed by atoms with Crippen LogP contribution in [0.3, 0.4) is 0 Å². The van der Waals surface area contributed by atoms with Gasteiger partial charge in [-0.15, -0.1) is 0 Å². The zero-order chi connectivity index (χ0) is 21.4. The van der Waals surface area contributed by atoms with Gasteiger partial charge in [-0.3, -0.25) is 9.78 Å². The molecule has 0 spiro atoms. The van der Waals surface area contributed by atoms with Crippen LogP contribution in [0.25, 0.3) is 10.9 Å². The minimum Gasteiger partial charge on any atom is -0.449 e. The van der Waals surface area contributed by atoms with E-state index in [4.69, 9.17) is 9.72 Å². The monoisotopic (exact) mass is 402 g/mol. The molecular weight excluding hydrogens is 376 g/mol. The predicted molar refractivity (Wildman–Crippen MR) is 118 cm³/mol. The van der Waals surface area contributed by atoms with Gasteiger partial charge in [0.25, 0.3) is 5.91 Å². The molecule has 1 unspecified atom stereocenters. The van der Waals surface area contributed by atoms with Crippen molar-refractivity contribution in [1.29, 1.82) is 0 Å². The van der Waals surface area contributed by atoms with E-state index in [2.05, 4.69) is 5.32 Å². The van der Waals surface area contributed by atoms with E-state index in [1.165, 1.54) is 0 Å². The summed E-state index contributed by atoms with van der Waals surface area (Å²) >= 11 is 0. The number of para-hydroxylation sites is 1. The van der Waals surface area contributed by atoms with Gasteiger partial charge in [0.2, 0.25) is 0 Å². The smallest absolute Gasteiger partial charge is 0.339 e. The number of nitrogens with one attached hydrogen (secondary N) is 1. The van der Waals surface area contributed by atoms with Crippen molar-refractivity contribution < 1.29 is 14.3 Å². The maximum absolute atomic E-state index is 13.1. The number of hydrogen-bond acceptors (Lipinski definition) is 4. The van der Waals surface area contributed by atoms with Gasteiger partial charge in [0.15, 0.2) is 6.10 Å². The Labute approximate surface area is 176 Å². The molecule has 0 fully saturated rings. The van der Waals surface area contributed by atoms with Gasteiger partial charge < -0.3 is 10.1 Å². The number of amides is 1. The summed E-state index contributed by atoms with van der Waals surface area (Å²) in [5.74, 6) is -0.805. The average Bonchev–Trinajstić information content (AvgIpc) is 3.16. The Morgan fingerprint density at radius 1 is 1.07 bits per heavy atom. The molecule has 5 heteroatoms. The number of aryl methyl sites for hydroxylation is 4. The molecule has 0 aliphatic heterocycles. The predicted octanol–water partition coefficient (Wildman–Crippen LogP) is 4.83. The van der Waals surface area contributed by atoms with Crippen LogP contribution in [-0.2, 0) is 22.4 Å². The highest BCUT2D eigenvalue weighted by Gasteiger charge is 2.27. The molecule has 1 amide bonds. The standard InChI is InChI=1S/C25H26N2O3/c1-14-12-15(2)23(16(3)13-14)27-24(28)17(4)30-25(29)22-18-8-5-6-10-20(18)26-21-11-7-9-19(21)22/h5-6,8,10,12-13,17H,7,9,11H2,1-4H3,(H,27,28). The number of carbonyl (C=O) groups excluding carboxylic acids is 2. The average molecular weight is 402 g/mol. The fourth-order valence-corrected chi connectivity index (χ4v) is 4.32. The topological polar surface area (TPSA) is 68.3 Å². The number of anilines is 1. The number of pyridine rings is 1. The van der Waals surface area contributed by atoms with Crippen LogP contribution in [0.5, 0.6) is 0 Å². The van der Waals surface area contributed by atoms with E-state index in [9.17, 15) is 9.59 Å². The number of rotatable bonds is 4. The van der Waals surface area contributed by atoms with Crippen LogP contribution in [-0.4, -0.2) is 23.0 Å². The molecule has 5 nitrogen and oxygen atoms in total. The van der Waals surface area contributed by atoms with Crippen molar-refractivity contribution in [3.8, 4) is 0 Å². The molecule has 0 saturated carbocycles. The summed E-state index contributed by atoms with van der Waals surface area (Å²) < 4.78 is 5.63. The van der Waals surface area contributed by atoms with Crippen molar-refractivity contribution in [2.24, 2.45) is 0 Å². The number of fused-ring (bicyclic) bond motifs is 2. The van der Waals surface area contributed by atoms with E-state index < -0.39 is 12.1 Å². The Morgan fingerprint density at radius 3 is 2.50 bits per heavy atom. The van der Waals surface area contributed by atoms with Crippen molar-refractivity contribution in [2.75, 3.05) is 5.32 Å². The third-order valence-electron chi connectivity index (χ3n) is 5.70. The second-order valence-corrected chi connectivity index (χ2v) is 8.09. The van der Waals surface area contributed by atoms with E-state index in [-0.39, 0.29) is 5.91 Å². The summed E-state index contributed by atoms with van der Waals surface area (Å²) in [4.78, 5) is 30.6. The van der Waals surface area contributed by atoms with Crippen LogP contribution >= 0.6 is 0 Å². The minimum atomic E-state index is -0.915. The third-order valence-corrected chi connectivity index (χ3v) is 5.70. The fraction of sp³-hybridized carbons (Fsp3) is 0.320. The van der Waals surface area contributed by atoms with Crippen molar-refractivity contribution in [1.82, 2.24) is 4.98 Å². The molecule has 1 heterocycles. The van der Waals surface area contributed by atoms with Crippen LogP contribution in [0, 0.1) is 20.8 Å². The quantitative estimate of drug-likeness (QED) is 0.635. The van der Waals surface area contributed by atoms with E-state index in [1.54, 1.807) is 6.92 Å². The molecule has 1 aliphatic carbocycles. The summed E-state index contributed by atoms with van der Waals surface area (Å²) in [5.41, 5.74) is 7.13. The lowest BCUT2D eigenvalue weighted by Crippen LogP contribution is -2.31. The Kier molecular flexibility index (Phi) is 5.29. The van der Waals surface area contributed by atoms with Crippen molar-refractivity contribution >= 4 is 28.5 Å². The number of hydrogen-bond donors (Lipinski definition) is 1. The number of carbonyl (C=O) groups is 2. The highest BCUT2D eigenvalue weighted by atomic mass is 16.5. The van der Waals surface area contributed by atoms with Gasteiger partial charge in [0.05, 0.1) is 11.1 Å². The number of aromatic nitrogens is 1. The number of nitrogens with zero attached hydrogens (tertiary/aromatic N) is 1. The zero-order valence-corrected chi connectivity index (χ0v) is 17.8. The highest BCUT2D eigenvalue weighted by molar-refractivity contribution is 6.06. The summed E-state index contributed by atoms with van der Waals surface area (Å²) in [5, 5.41) is 3.70. The second kappa shape index (κ2) is 7.90. The molecule has 1 atom stereocenters. The van der Waals surface area contributed by atoms with Gasteiger partial charge in [-0.2, -0.15) is 0 Å². The van der Waals surface area contributed by atoms with Crippen LogP contribution in [0.15, 0.2) is 36.4 Å². The Bertz CT molecular complexity index is 1140. The molecular formula is C25H26N2O3.